The largest absolute Gasteiger partial charge is 0.338 e. The summed E-state index contributed by atoms with van der Waals surface area (Å²) in [6, 6.07) is 0.386. The van der Waals surface area contributed by atoms with Crippen molar-refractivity contribution in [3.8, 4) is 0 Å². The lowest BCUT2D eigenvalue weighted by Gasteiger charge is -2.17. The Balaban J connectivity index is 2.12. The number of carbonyl (C=O) groups excluding carboxylic acids is 1. The predicted octanol–water partition coefficient (Wildman–Crippen LogP) is 1.60. The first-order valence-electron chi connectivity index (χ1n) is 6.50. The second-order valence-electron chi connectivity index (χ2n) is 4.69. The van der Waals surface area contributed by atoms with E-state index in [1.165, 1.54) is 12.8 Å². The molecule has 1 rings (SSSR count). The van der Waals surface area contributed by atoms with Crippen LogP contribution < -0.4 is 16.4 Å². The van der Waals surface area contributed by atoms with Crippen LogP contribution in [0.2, 0.25) is 0 Å². The summed E-state index contributed by atoms with van der Waals surface area (Å²) in [6.07, 6.45) is 6.81. The second-order valence-corrected chi connectivity index (χ2v) is 4.69. The lowest BCUT2D eigenvalue weighted by Crippen LogP contribution is -2.42. The maximum atomic E-state index is 11.6. The molecule has 0 saturated heterocycles. The van der Waals surface area contributed by atoms with E-state index in [1.54, 1.807) is 0 Å². The molecule has 0 heterocycles. The Hall–Kier alpha value is -0.770. The van der Waals surface area contributed by atoms with Gasteiger partial charge in [-0.1, -0.05) is 26.2 Å². The molecule has 0 aromatic carbocycles. The smallest absolute Gasteiger partial charge is 0.315 e. The van der Waals surface area contributed by atoms with Gasteiger partial charge >= 0.3 is 6.03 Å². The first-order valence-corrected chi connectivity index (χ1v) is 6.50. The highest BCUT2D eigenvalue weighted by atomic mass is 16.2. The third kappa shape index (κ3) is 4.84. The molecule has 2 amide bonds. The molecule has 1 fully saturated rings. The first-order chi connectivity index (χ1) is 7.76. The van der Waals surface area contributed by atoms with Crippen LogP contribution in [0, 0.1) is 5.92 Å². The molecule has 0 spiro atoms. The molecule has 1 atom stereocenters. The van der Waals surface area contributed by atoms with Gasteiger partial charge in [0.1, 0.15) is 0 Å². The van der Waals surface area contributed by atoms with Crippen LogP contribution in [0.1, 0.15) is 45.4 Å². The lowest BCUT2D eigenvalue weighted by atomic mass is 10.0. The van der Waals surface area contributed by atoms with Gasteiger partial charge in [-0.25, -0.2) is 4.79 Å². The molecule has 0 aromatic rings. The number of hydrogen-bond acceptors (Lipinski definition) is 2. The number of nitrogens with one attached hydrogen (secondary N) is 2. The molecule has 4 N–H and O–H groups in total. The number of urea groups is 1. The molecule has 94 valence electrons. The monoisotopic (exact) mass is 227 g/mol. The number of amides is 2. The Morgan fingerprint density at radius 3 is 2.69 bits per heavy atom. The van der Waals surface area contributed by atoms with E-state index < -0.39 is 0 Å². The zero-order valence-electron chi connectivity index (χ0n) is 10.3. The second kappa shape index (κ2) is 7.49. The van der Waals surface area contributed by atoms with Gasteiger partial charge in [0.15, 0.2) is 0 Å². The van der Waals surface area contributed by atoms with Gasteiger partial charge in [0.25, 0.3) is 0 Å². The zero-order valence-corrected chi connectivity index (χ0v) is 10.3. The highest BCUT2D eigenvalue weighted by molar-refractivity contribution is 5.74. The maximum Gasteiger partial charge on any atom is 0.315 e. The fourth-order valence-electron chi connectivity index (χ4n) is 2.23. The molecule has 0 aromatic heterocycles. The molecule has 1 aliphatic rings. The molecule has 1 unspecified atom stereocenters. The standard InChI is InChI=1S/C12H25N3O/c1-2-10(7-8-13)9-14-12(16)15-11-5-3-4-6-11/h10-11H,2-9,13H2,1H3,(H2,14,15,16). The van der Waals surface area contributed by atoms with E-state index in [-0.39, 0.29) is 6.03 Å². The van der Waals surface area contributed by atoms with Crippen molar-refractivity contribution < 1.29 is 4.79 Å². The Labute approximate surface area is 98.3 Å². The van der Waals surface area contributed by atoms with Crippen LogP contribution in [-0.4, -0.2) is 25.2 Å². The minimum Gasteiger partial charge on any atom is -0.338 e. The highest BCUT2D eigenvalue weighted by Crippen LogP contribution is 2.17. The van der Waals surface area contributed by atoms with E-state index in [0.717, 1.165) is 32.2 Å². The number of rotatable bonds is 6. The molecular formula is C12H25N3O. The van der Waals surface area contributed by atoms with Gasteiger partial charge in [0.05, 0.1) is 0 Å². The number of hydrogen-bond donors (Lipinski definition) is 3. The third-order valence-electron chi connectivity index (χ3n) is 3.39. The predicted molar refractivity (Wildman–Crippen MR) is 66.2 cm³/mol. The van der Waals surface area contributed by atoms with Crippen LogP contribution in [0.5, 0.6) is 0 Å². The molecule has 4 heteroatoms. The average Bonchev–Trinajstić information content (AvgIpc) is 2.76. The van der Waals surface area contributed by atoms with Gasteiger partial charge in [-0.2, -0.15) is 0 Å². The molecule has 0 radical (unpaired) electrons. The molecule has 4 nitrogen and oxygen atoms in total. The van der Waals surface area contributed by atoms with Gasteiger partial charge in [0.2, 0.25) is 0 Å². The van der Waals surface area contributed by atoms with Crippen molar-refractivity contribution in [3.63, 3.8) is 0 Å². The van der Waals surface area contributed by atoms with Crippen LogP contribution in [0.3, 0.4) is 0 Å². The number of carbonyl (C=O) groups is 1. The summed E-state index contributed by atoms with van der Waals surface area (Å²) in [4.78, 5) is 11.6. The lowest BCUT2D eigenvalue weighted by molar-refractivity contribution is 0.234. The third-order valence-corrected chi connectivity index (χ3v) is 3.39. The molecule has 0 aliphatic heterocycles. The Kier molecular flexibility index (Phi) is 6.23. The summed E-state index contributed by atoms with van der Waals surface area (Å²) in [5.74, 6) is 0.513. The van der Waals surface area contributed by atoms with E-state index in [9.17, 15) is 4.79 Å². The van der Waals surface area contributed by atoms with Crippen LogP contribution >= 0.6 is 0 Å². The fraction of sp³-hybridized carbons (Fsp3) is 0.917. The van der Waals surface area contributed by atoms with Crippen molar-refractivity contribution in [2.75, 3.05) is 13.1 Å². The van der Waals surface area contributed by atoms with Gasteiger partial charge in [-0.05, 0) is 31.7 Å². The minimum absolute atomic E-state index is 0.0117. The molecule has 16 heavy (non-hydrogen) atoms. The van der Waals surface area contributed by atoms with E-state index in [0.29, 0.717) is 18.5 Å². The van der Waals surface area contributed by atoms with Gasteiger partial charge in [-0.15, -0.1) is 0 Å². The van der Waals surface area contributed by atoms with Crippen LogP contribution in [0.4, 0.5) is 4.79 Å². The normalized spacial score (nSPS) is 18.4. The molecular weight excluding hydrogens is 202 g/mol. The first kappa shape index (κ1) is 13.3. The topological polar surface area (TPSA) is 67.1 Å². The van der Waals surface area contributed by atoms with Crippen molar-refractivity contribution in [1.82, 2.24) is 10.6 Å². The number of nitrogens with two attached hydrogens (primary N) is 1. The van der Waals surface area contributed by atoms with Crippen LogP contribution in [-0.2, 0) is 0 Å². The van der Waals surface area contributed by atoms with E-state index in [4.69, 9.17) is 5.73 Å². The SMILES string of the molecule is CCC(CCN)CNC(=O)NC1CCCC1. The van der Waals surface area contributed by atoms with Crippen molar-refractivity contribution in [1.29, 1.82) is 0 Å². The summed E-state index contributed by atoms with van der Waals surface area (Å²) in [7, 11) is 0. The molecule has 1 saturated carbocycles. The zero-order chi connectivity index (χ0) is 11.8. The average molecular weight is 227 g/mol. The van der Waals surface area contributed by atoms with Crippen molar-refractivity contribution in [2.45, 2.75) is 51.5 Å². The Morgan fingerprint density at radius 2 is 2.12 bits per heavy atom. The highest BCUT2D eigenvalue weighted by Gasteiger charge is 2.17. The van der Waals surface area contributed by atoms with E-state index >= 15 is 0 Å². The Morgan fingerprint density at radius 1 is 1.44 bits per heavy atom. The summed E-state index contributed by atoms with van der Waals surface area (Å²) in [5.41, 5.74) is 5.52. The quantitative estimate of drug-likeness (QED) is 0.645. The molecule has 1 aliphatic carbocycles. The van der Waals surface area contributed by atoms with Gasteiger partial charge < -0.3 is 16.4 Å². The minimum atomic E-state index is -0.0117. The van der Waals surface area contributed by atoms with E-state index in [2.05, 4.69) is 17.6 Å². The summed E-state index contributed by atoms with van der Waals surface area (Å²) in [6.45, 7) is 3.58. The van der Waals surface area contributed by atoms with Gasteiger partial charge in [0, 0.05) is 12.6 Å². The van der Waals surface area contributed by atoms with E-state index in [1.807, 2.05) is 0 Å². The maximum absolute atomic E-state index is 11.6. The van der Waals surface area contributed by atoms with Gasteiger partial charge in [-0.3, -0.25) is 0 Å². The summed E-state index contributed by atoms with van der Waals surface area (Å²) < 4.78 is 0. The summed E-state index contributed by atoms with van der Waals surface area (Å²) in [5, 5.41) is 5.96. The summed E-state index contributed by atoms with van der Waals surface area (Å²) >= 11 is 0. The molecule has 0 bridgehead atoms. The fourth-order valence-corrected chi connectivity index (χ4v) is 2.23. The van der Waals surface area contributed by atoms with Crippen molar-refractivity contribution in [2.24, 2.45) is 11.7 Å². The van der Waals surface area contributed by atoms with Crippen molar-refractivity contribution in [3.05, 3.63) is 0 Å². The van der Waals surface area contributed by atoms with Crippen LogP contribution in [0.15, 0.2) is 0 Å². The Bertz CT molecular complexity index is 202. The van der Waals surface area contributed by atoms with Crippen molar-refractivity contribution >= 4 is 6.03 Å². The van der Waals surface area contributed by atoms with Crippen LogP contribution in [0.25, 0.3) is 0 Å².